The maximum absolute atomic E-state index is 12.2. The zero-order chi connectivity index (χ0) is 12.2. The number of carbonyl (C=O) groups is 1. The van der Waals surface area contributed by atoms with Crippen LogP contribution in [0.1, 0.15) is 12.8 Å². The van der Waals surface area contributed by atoms with Crippen LogP contribution in [0.15, 0.2) is 0 Å². The molecule has 7 heteroatoms. The van der Waals surface area contributed by atoms with Crippen molar-refractivity contribution in [1.29, 1.82) is 0 Å². The van der Waals surface area contributed by atoms with E-state index in [9.17, 15) is 18.0 Å². The van der Waals surface area contributed by atoms with E-state index in [1.165, 1.54) is 0 Å². The Kier molecular flexibility index (Phi) is 4.55. The van der Waals surface area contributed by atoms with Crippen LogP contribution in [-0.4, -0.2) is 54.4 Å². The van der Waals surface area contributed by atoms with Crippen molar-refractivity contribution in [2.75, 3.05) is 26.2 Å². The molecule has 0 saturated heterocycles. The summed E-state index contributed by atoms with van der Waals surface area (Å²) in [5.74, 6) is -0.481. The lowest BCUT2D eigenvalue weighted by Gasteiger charge is -2.22. The maximum Gasteiger partial charge on any atom is 0.401 e. The topological polar surface area (TPSA) is 52.6 Å². The predicted octanol–water partition coefficient (Wildman–Crippen LogP) is 0.122. The highest BCUT2D eigenvalue weighted by Gasteiger charge is 2.38. The van der Waals surface area contributed by atoms with Crippen LogP contribution < -0.4 is 5.32 Å². The molecule has 0 spiro atoms. The van der Waals surface area contributed by atoms with Crippen molar-refractivity contribution < 1.29 is 23.1 Å². The Balaban J connectivity index is 2.36. The summed E-state index contributed by atoms with van der Waals surface area (Å²) in [4.78, 5) is 12.3. The van der Waals surface area contributed by atoms with Gasteiger partial charge in [-0.15, -0.1) is 0 Å². The summed E-state index contributed by atoms with van der Waals surface area (Å²) in [5.41, 5.74) is 0. The SMILES string of the molecule is O=C(CN(CC(F)(F)F)C1CC1)NCCO. The van der Waals surface area contributed by atoms with Crippen LogP contribution in [0.25, 0.3) is 0 Å². The Hall–Kier alpha value is -0.820. The first-order valence-electron chi connectivity index (χ1n) is 5.11. The lowest BCUT2D eigenvalue weighted by atomic mass is 10.4. The highest BCUT2D eigenvalue weighted by Crippen LogP contribution is 2.29. The van der Waals surface area contributed by atoms with Gasteiger partial charge in [-0.2, -0.15) is 13.2 Å². The molecule has 1 aliphatic carbocycles. The zero-order valence-corrected chi connectivity index (χ0v) is 8.76. The van der Waals surface area contributed by atoms with Crippen molar-refractivity contribution in [2.24, 2.45) is 0 Å². The summed E-state index contributed by atoms with van der Waals surface area (Å²) < 4.78 is 36.5. The van der Waals surface area contributed by atoms with E-state index < -0.39 is 18.6 Å². The maximum atomic E-state index is 12.2. The Bertz CT molecular complexity index is 241. The number of hydrogen-bond acceptors (Lipinski definition) is 3. The third kappa shape index (κ3) is 5.32. The zero-order valence-electron chi connectivity index (χ0n) is 8.76. The smallest absolute Gasteiger partial charge is 0.395 e. The number of alkyl halides is 3. The summed E-state index contributed by atoms with van der Waals surface area (Å²) in [6.07, 6.45) is -2.85. The molecule has 2 N–H and O–H groups in total. The van der Waals surface area contributed by atoms with Crippen LogP contribution in [0, 0.1) is 0 Å². The van der Waals surface area contributed by atoms with Gasteiger partial charge in [-0.1, -0.05) is 0 Å². The Labute approximate surface area is 91.4 Å². The molecule has 1 amide bonds. The summed E-state index contributed by atoms with van der Waals surface area (Å²) in [5, 5.41) is 10.8. The molecule has 4 nitrogen and oxygen atoms in total. The molecular weight excluding hydrogens is 225 g/mol. The Morgan fingerprint density at radius 2 is 2.06 bits per heavy atom. The Morgan fingerprint density at radius 3 is 2.50 bits per heavy atom. The first kappa shape index (κ1) is 13.2. The number of aliphatic hydroxyl groups excluding tert-OH is 1. The third-order valence-electron chi connectivity index (χ3n) is 2.23. The first-order chi connectivity index (χ1) is 7.42. The number of carbonyl (C=O) groups excluding carboxylic acids is 1. The average Bonchev–Trinajstić information content (AvgIpc) is 2.94. The van der Waals surface area contributed by atoms with Gasteiger partial charge in [-0.3, -0.25) is 9.69 Å². The fourth-order valence-corrected chi connectivity index (χ4v) is 1.42. The number of nitrogens with zero attached hydrogens (tertiary/aromatic N) is 1. The monoisotopic (exact) mass is 240 g/mol. The molecule has 94 valence electrons. The minimum atomic E-state index is -4.28. The van der Waals surface area contributed by atoms with Crippen molar-refractivity contribution >= 4 is 5.91 Å². The quantitative estimate of drug-likeness (QED) is 0.693. The lowest BCUT2D eigenvalue weighted by Crippen LogP contribution is -2.43. The molecular formula is C9H15F3N2O2. The number of amides is 1. The molecule has 1 fully saturated rings. The van der Waals surface area contributed by atoms with Gasteiger partial charge in [0.1, 0.15) is 0 Å². The molecule has 0 aromatic rings. The van der Waals surface area contributed by atoms with E-state index in [4.69, 9.17) is 5.11 Å². The van der Waals surface area contributed by atoms with Crippen LogP contribution in [0.3, 0.4) is 0 Å². The molecule has 1 aliphatic rings. The molecule has 1 rings (SSSR count). The van der Waals surface area contributed by atoms with Crippen molar-refractivity contribution in [3.05, 3.63) is 0 Å². The van der Waals surface area contributed by atoms with E-state index in [0.717, 1.165) is 4.90 Å². The average molecular weight is 240 g/mol. The van der Waals surface area contributed by atoms with E-state index in [1.807, 2.05) is 0 Å². The van der Waals surface area contributed by atoms with Crippen LogP contribution >= 0.6 is 0 Å². The number of hydrogen-bond donors (Lipinski definition) is 2. The number of aliphatic hydroxyl groups is 1. The normalized spacial score (nSPS) is 16.6. The fraction of sp³-hybridized carbons (Fsp3) is 0.889. The van der Waals surface area contributed by atoms with Gasteiger partial charge in [0.25, 0.3) is 0 Å². The molecule has 0 atom stereocenters. The van der Waals surface area contributed by atoms with E-state index >= 15 is 0 Å². The van der Waals surface area contributed by atoms with Gasteiger partial charge in [-0.05, 0) is 12.8 Å². The highest BCUT2D eigenvalue weighted by atomic mass is 19.4. The predicted molar refractivity (Wildman–Crippen MR) is 50.7 cm³/mol. The van der Waals surface area contributed by atoms with Crippen LogP contribution in [0.4, 0.5) is 13.2 Å². The minimum Gasteiger partial charge on any atom is -0.395 e. The Morgan fingerprint density at radius 1 is 1.44 bits per heavy atom. The molecule has 1 saturated carbocycles. The standard InChI is InChI=1S/C9H15F3N2O2/c10-9(11,12)6-14(7-1-2-7)5-8(16)13-3-4-15/h7,15H,1-6H2,(H,13,16). The number of nitrogens with one attached hydrogen (secondary N) is 1. The summed E-state index contributed by atoms with van der Waals surface area (Å²) in [6, 6.07) is -0.124. The van der Waals surface area contributed by atoms with Crippen molar-refractivity contribution in [2.45, 2.75) is 25.1 Å². The van der Waals surface area contributed by atoms with Crippen LogP contribution in [0.2, 0.25) is 0 Å². The highest BCUT2D eigenvalue weighted by molar-refractivity contribution is 5.78. The summed E-state index contributed by atoms with van der Waals surface area (Å²) in [6.45, 7) is -1.45. The van der Waals surface area contributed by atoms with Gasteiger partial charge in [0, 0.05) is 12.6 Å². The van der Waals surface area contributed by atoms with Gasteiger partial charge < -0.3 is 10.4 Å². The third-order valence-corrected chi connectivity index (χ3v) is 2.23. The van der Waals surface area contributed by atoms with E-state index in [-0.39, 0.29) is 25.7 Å². The van der Waals surface area contributed by atoms with E-state index in [2.05, 4.69) is 5.32 Å². The number of rotatable bonds is 6. The van der Waals surface area contributed by atoms with Crippen molar-refractivity contribution in [3.63, 3.8) is 0 Å². The largest absolute Gasteiger partial charge is 0.401 e. The summed E-state index contributed by atoms with van der Waals surface area (Å²) >= 11 is 0. The number of halogens is 3. The second-order valence-corrected chi connectivity index (χ2v) is 3.82. The van der Waals surface area contributed by atoms with E-state index in [0.29, 0.717) is 12.8 Å². The molecule has 0 aromatic heterocycles. The fourth-order valence-electron chi connectivity index (χ4n) is 1.42. The van der Waals surface area contributed by atoms with Gasteiger partial charge in [0.15, 0.2) is 0 Å². The minimum absolute atomic E-state index is 0.0728. The molecule has 0 bridgehead atoms. The van der Waals surface area contributed by atoms with Crippen molar-refractivity contribution in [3.8, 4) is 0 Å². The molecule has 0 unspecified atom stereocenters. The molecule has 0 heterocycles. The molecule has 0 aromatic carbocycles. The van der Waals surface area contributed by atoms with Gasteiger partial charge in [0.05, 0.1) is 19.7 Å². The molecule has 0 radical (unpaired) electrons. The van der Waals surface area contributed by atoms with Gasteiger partial charge in [-0.25, -0.2) is 0 Å². The molecule has 16 heavy (non-hydrogen) atoms. The lowest BCUT2D eigenvalue weighted by molar-refractivity contribution is -0.150. The van der Waals surface area contributed by atoms with Crippen LogP contribution in [0.5, 0.6) is 0 Å². The van der Waals surface area contributed by atoms with Crippen LogP contribution in [-0.2, 0) is 4.79 Å². The summed E-state index contributed by atoms with van der Waals surface area (Å²) in [7, 11) is 0. The second-order valence-electron chi connectivity index (χ2n) is 3.82. The van der Waals surface area contributed by atoms with E-state index in [1.54, 1.807) is 0 Å². The molecule has 0 aliphatic heterocycles. The second kappa shape index (κ2) is 5.49. The first-order valence-corrected chi connectivity index (χ1v) is 5.11. The van der Waals surface area contributed by atoms with Gasteiger partial charge in [0.2, 0.25) is 5.91 Å². The van der Waals surface area contributed by atoms with Gasteiger partial charge >= 0.3 is 6.18 Å². The van der Waals surface area contributed by atoms with Crippen molar-refractivity contribution in [1.82, 2.24) is 10.2 Å².